The number of hydrogen-bond acceptors (Lipinski definition) is 5. The molecule has 17 heavy (non-hydrogen) atoms. The van der Waals surface area contributed by atoms with Crippen molar-refractivity contribution in [3.8, 4) is 0 Å². The summed E-state index contributed by atoms with van der Waals surface area (Å²) in [6.45, 7) is 1.55. The first-order valence-electron chi connectivity index (χ1n) is 4.89. The molecule has 8 heteroatoms. The molecule has 0 aromatic carbocycles. The normalized spacial score (nSPS) is 12.8. The van der Waals surface area contributed by atoms with Gasteiger partial charge < -0.3 is 10.1 Å². The van der Waals surface area contributed by atoms with Crippen molar-refractivity contribution in [1.82, 2.24) is 19.5 Å². The summed E-state index contributed by atoms with van der Waals surface area (Å²) in [5.74, 6) is 0. The van der Waals surface area contributed by atoms with Crippen LogP contribution in [0.2, 0.25) is 0 Å². The van der Waals surface area contributed by atoms with E-state index < -0.39 is 22.9 Å². The predicted octanol–water partition coefficient (Wildman–Crippen LogP) is -1.85. The average molecular weight is 238 g/mol. The highest BCUT2D eigenvalue weighted by atomic mass is 16.3. The molecule has 2 heterocycles. The Balaban J connectivity index is 2.80. The predicted molar refractivity (Wildman–Crippen MR) is 58.9 cm³/mol. The molecule has 2 aromatic rings. The lowest BCUT2D eigenvalue weighted by Crippen LogP contribution is -2.31. The van der Waals surface area contributed by atoms with E-state index in [1.54, 1.807) is 0 Å². The van der Waals surface area contributed by atoms with E-state index in [1.165, 1.54) is 6.92 Å². The Bertz CT molecular complexity index is 724. The number of aliphatic hydroxyl groups excluding tert-OH is 1. The van der Waals surface area contributed by atoms with Gasteiger partial charge in [-0.15, -0.1) is 0 Å². The van der Waals surface area contributed by atoms with Crippen molar-refractivity contribution >= 4 is 11.0 Å². The number of nitrogens with one attached hydrogen (secondary N) is 2. The summed E-state index contributed by atoms with van der Waals surface area (Å²) in [5, 5.41) is 9.18. The maximum Gasteiger partial charge on any atom is 0.326 e. The fourth-order valence-electron chi connectivity index (χ4n) is 1.50. The molecule has 8 nitrogen and oxygen atoms in total. The van der Waals surface area contributed by atoms with Crippen LogP contribution in [-0.2, 0) is 6.54 Å². The molecule has 90 valence electrons. The molecule has 0 spiro atoms. The molecule has 1 atom stereocenters. The van der Waals surface area contributed by atoms with E-state index in [0.717, 1.165) is 10.9 Å². The Morgan fingerprint density at radius 2 is 2.12 bits per heavy atom. The summed E-state index contributed by atoms with van der Waals surface area (Å²) >= 11 is 0. The second-order valence-corrected chi connectivity index (χ2v) is 3.68. The first-order chi connectivity index (χ1) is 7.99. The summed E-state index contributed by atoms with van der Waals surface area (Å²) < 4.78 is 1.13. The molecule has 2 aromatic heterocycles. The van der Waals surface area contributed by atoms with E-state index in [9.17, 15) is 19.5 Å². The van der Waals surface area contributed by atoms with Crippen LogP contribution in [0.1, 0.15) is 6.92 Å². The van der Waals surface area contributed by atoms with E-state index in [4.69, 9.17) is 0 Å². The molecule has 1 unspecified atom stereocenters. The van der Waals surface area contributed by atoms with Gasteiger partial charge in [0, 0.05) is 0 Å². The summed E-state index contributed by atoms with van der Waals surface area (Å²) in [5.41, 5.74) is -2.35. The standard InChI is InChI=1S/C9H10N4O4/c1-4(14)2-13-3-10-5-6(8(13)16)11-9(17)12-7(5)15/h3-4,14H,2H2,1H3,(H2,11,12,15,17). The monoisotopic (exact) mass is 238 g/mol. The summed E-state index contributed by atoms with van der Waals surface area (Å²) in [6, 6.07) is 0. The molecule has 0 aliphatic rings. The molecule has 0 amide bonds. The number of H-pyrrole nitrogens is 2. The van der Waals surface area contributed by atoms with Gasteiger partial charge in [0.25, 0.3) is 11.1 Å². The highest BCUT2D eigenvalue weighted by Crippen LogP contribution is 1.94. The average Bonchev–Trinajstić information content (AvgIpc) is 2.22. The van der Waals surface area contributed by atoms with E-state index in [0.29, 0.717) is 0 Å². The minimum absolute atomic E-state index is 0.0383. The Kier molecular flexibility index (Phi) is 2.64. The fraction of sp³-hybridized carbons (Fsp3) is 0.333. The van der Waals surface area contributed by atoms with E-state index in [1.807, 2.05) is 4.98 Å². The number of hydrogen-bond donors (Lipinski definition) is 3. The van der Waals surface area contributed by atoms with E-state index >= 15 is 0 Å². The summed E-state index contributed by atoms with van der Waals surface area (Å²) in [4.78, 5) is 42.2. The molecule has 0 saturated heterocycles. The summed E-state index contributed by atoms with van der Waals surface area (Å²) in [6.07, 6.45) is 0.422. The topological polar surface area (TPSA) is 121 Å². The van der Waals surface area contributed by atoms with Crippen LogP contribution in [0.15, 0.2) is 20.7 Å². The molecule has 0 aliphatic heterocycles. The van der Waals surface area contributed by atoms with Crippen molar-refractivity contribution in [2.45, 2.75) is 19.6 Å². The van der Waals surface area contributed by atoms with Crippen molar-refractivity contribution in [2.24, 2.45) is 0 Å². The Morgan fingerprint density at radius 3 is 2.76 bits per heavy atom. The second kappa shape index (κ2) is 3.98. The molecule has 0 saturated carbocycles. The highest BCUT2D eigenvalue weighted by molar-refractivity contribution is 5.70. The molecule has 0 radical (unpaired) electrons. The van der Waals surface area contributed by atoms with Crippen molar-refractivity contribution in [3.05, 3.63) is 37.5 Å². The third-order valence-corrected chi connectivity index (χ3v) is 2.18. The van der Waals surface area contributed by atoms with Gasteiger partial charge in [-0.25, -0.2) is 9.78 Å². The zero-order chi connectivity index (χ0) is 12.6. The van der Waals surface area contributed by atoms with Gasteiger partial charge in [0.15, 0.2) is 5.52 Å². The SMILES string of the molecule is CC(O)Cn1cnc2c(=O)[nH]c(=O)[nH]c2c1=O. The van der Waals surface area contributed by atoms with Crippen LogP contribution in [0.3, 0.4) is 0 Å². The first-order valence-corrected chi connectivity index (χ1v) is 4.89. The number of aromatic amines is 2. The van der Waals surface area contributed by atoms with E-state index in [-0.39, 0.29) is 17.6 Å². The number of rotatable bonds is 2. The van der Waals surface area contributed by atoms with Crippen molar-refractivity contribution in [1.29, 1.82) is 0 Å². The maximum atomic E-state index is 11.9. The number of aromatic nitrogens is 4. The molecule has 3 N–H and O–H groups in total. The van der Waals surface area contributed by atoms with Gasteiger partial charge in [-0.1, -0.05) is 0 Å². The number of fused-ring (bicyclic) bond motifs is 1. The van der Waals surface area contributed by atoms with Crippen LogP contribution in [0.25, 0.3) is 11.0 Å². The largest absolute Gasteiger partial charge is 0.392 e. The van der Waals surface area contributed by atoms with Crippen molar-refractivity contribution < 1.29 is 5.11 Å². The van der Waals surface area contributed by atoms with Crippen LogP contribution in [0.4, 0.5) is 0 Å². The van der Waals surface area contributed by atoms with Crippen LogP contribution < -0.4 is 16.8 Å². The number of nitrogens with zero attached hydrogens (tertiary/aromatic N) is 2. The van der Waals surface area contributed by atoms with E-state index in [2.05, 4.69) is 9.97 Å². The third-order valence-electron chi connectivity index (χ3n) is 2.18. The fourth-order valence-corrected chi connectivity index (χ4v) is 1.50. The van der Waals surface area contributed by atoms with Gasteiger partial charge in [0.2, 0.25) is 0 Å². The molecule has 2 rings (SSSR count). The van der Waals surface area contributed by atoms with Gasteiger partial charge in [-0.3, -0.25) is 19.1 Å². The lowest BCUT2D eigenvalue weighted by atomic mass is 10.4. The molecular weight excluding hydrogens is 228 g/mol. The maximum absolute atomic E-state index is 11.9. The van der Waals surface area contributed by atoms with Gasteiger partial charge in [-0.05, 0) is 6.92 Å². The highest BCUT2D eigenvalue weighted by Gasteiger charge is 2.09. The minimum atomic E-state index is -0.767. The zero-order valence-corrected chi connectivity index (χ0v) is 8.93. The Hall–Kier alpha value is -2.22. The lowest BCUT2D eigenvalue weighted by Gasteiger charge is -2.07. The lowest BCUT2D eigenvalue weighted by molar-refractivity contribution is 0.172. The molecular formula is C9H10N4O4. The number of aliphatic hydroxyl groups is 1. The second-order valence-electron chi connectivity index (χ2n) is 3.68. The van der Waals surface area contributed by atoms with Gasteiger partial charge >= 0.3 is 5.69 Å². The van der Waals surface area contributed by atoms with Gasteiger partial charge in [-0.2, -0.15) is 0 Å². The van der Waals surface area contributed by atoms with Gasteiger partial charge in [0.05, 0.1) is 19.0 Å². The van der Waals surface area contributed by atoms with Crippen molar-refractivity contribution in [2.75, 3.05) is 0 Å². The van der Waals surface area contributed by atoms with Crippen LogP contribution in [-0.4, -0.2) is 30.7 Å². The smallest absolute Gasteiger partial charge is 0.326 e. The van der Waals surface area contributed by atoms with Crippen LogP contribution in [0, 0.1) is 0 Å². The molecule has 0 bridgehead atoms. The Labute approximate surface area is 93.6 Å². The van der Waals surface area contributed by atoms with Crippen LogP contribution >= 0.6 is 0 Å². The summed E-state index contributed by atoms with van der Waals surface area (Å²) in [7, 11) is 0. The Morgan fingerprint density at radius 1 is 1.41 bits per heavy atom. The van der Waals surface area contributed by atoms with Gasteiger partial charge in [0.1, 0.15) is 5.52 Å². The minimum Gasteiger partial charge on any atom is -0.392 e. The molecule has 0 fully saturated rings. The van der Waals surface area contributed by atoms with Crippen LogP contribution in [0.5, 0.6) is 0 Å². The quantitative estimate of drug-likeness (QED) is 0.567. The van der Waals surface area contributed by atoms with Crippen molar-refractivity contribution in [3.63, 3.8) is 0 Å². The molecule has 0 aliphatic carbocycles. The zero-order valence-electron chi connectivity index (χ0n) is 8.93. The first kappa shape index (κ1) is 11.3. The third kappa shape index (κ3) is 2.02.